The maximum atomic E-state index is 12.1. The summed E-state index contributed by atoms with van der Waals surface area (Å²) in [5, 5.41) is 7.65. The van der Waals surface area contributed by atoms with Crippen molar-refractivity contribution in [2.24, 2.45) is 0 Å². The van der Waals surface area contributed by atoms with Gasteiger partial charge in [0, 0.05) is 22.8 Å². The number of carbonyl (C=O) groups excluding carboxylic acids is 2. The number of rotatable bonds is 24. The summed E-state index contributed by atoms with van der Waals surface area (Å²) in [6.45, 7) is 6.42. The second kappa shape index (κ2) is 20.9. The van der Waals surface area contributed by atoms with Gasteiger partial charge in [-0.15, -0.1) is 0 Å². The van der Waals surface area contributed by atoms with E-state index in [1.54, 1.807) is 7.05 Å². The lowest BCUT2D eigenvalue weighted by Crippen LogP contribution is -2.32. The van der Waals surface area contributed by atoms with Crippen molar-refractivity contribution in [3.63, 3.8) is 0 Å². The van der Waals surface area contributed by atoms with Crippen LogP contribution in [0.2, 0.25) is 0 Å². The van der Waals surface area contributed by atoms with Crippen LogP contribution in [0.4, 0.5) is 0 Å². The van der Waals surface area contributed by atoms with Gasteiger partial charge in [-0.05, 0) is 92.2 Å². The monoisotopic (exact) mass is 720 g/mol. The van der Waals surface area contributed by atoms with Crippen LogP contribution in [0.1, 0.15) is 122 Å². The number of aryl methyl sites for hydroxylation is 2. The summed E-state index contributed by atoms with van der Waals surface area (Å²) in [7, 11) is 1.71. The number of nitrogens with zero attached hydrogens (tertiary/aromatic N) is 1. The second-order valence-corrected chi connectivity index (χ2v) is 14.6. The van der Waals surface area contributed by atoms with Gasteiger partial charge in [0.1, 0.15) is 30.3 Å². The van der Waals surface area contributed by atoms with E-state index in [0.717, 1.165) is 40.3 Å². The molecule has 0 aliphatic rings. The predicted molar refractivity (Wildman–Crippen MR) is 218 cm³/mol. The van der Waals surface area contributed by atoms with Crippen LogP contribution in [-0.4, -0.2) is 43.0 Å². The first-order valence-corrected chi connectivity index (χ1v) is 20.3. The van der Waals surface area contributed by atoms with Crippen LogP contribution >= 0.6 is 0 Å². The van der Waals surface area contributed by atoms with Gasteiger partial charge in [0.25, 0.3) is 0 Å². The molecule has 0 bridgehead atoms. The Morgan fingerprint density at radius 3 is 1.91 bits per heavy atom. The standard InChI is InChI=1S/C46H60N2O5/c1-5-7-9-11-13-15-17-34-19-25-38-40(31-34)41-32-35(18-16-14-12-10-8-6-2)20-26-39(41)45-44(38)48-46(53-45)36-21-23-37(24-22-36)51-29-30-52-43(50)28-27-42(47-4)33(3)49/h19-26,31-32,42,47H,5-18,27-30H2,1-4H3. The molecule has 1 unspecified atom stereocenters. The number of nitrogens with one attached hydrogen (secondary N) is 1. The molecule has 53 heavy (non-hydrogen) atoms. The van der Waals surface area contributed by atoms with E-state index in [1.807, 2.05) is 24.3 Å². The third-order valence-electron chi connectivity index (χ3n) is 10.4. The van der Waals surface area contributed by atoms with Crippen LogP contribution in [0.15, 0.2) is 65.1 Å². The smallest absolute Gasteiger partial charge is 0.305 e. The Morgan fingerprint density at radius 2 is 1.30 bits per heavy atom. The van der Waals surface area contributed by atoms with Crippen LogP contribution in [0.3, 0.4) is 0 Å². The molecule has 1 atom stereocenters. The third-order valence-corrected chi connectivity index (χ3v) is 10.4. The summed E-state index contributed by atoms with van der Waals surface area (Å²) >= 11 is 0. The zero-order chi connectivity index (χ0) is 37.4. The Morgan fingerprint density at radius 1 is 0.717 bits per heavy atom. The topological polar surface area (TPSA) is 90.7 Å². The number of carbonyl (C=O) groups is 2. The number of ketones is 1. The number of ether oxygens (including phenoxy) is 2. The minimum absolute atomic E-state index is 0.00646. The highest BCUT2D eigenvalue weighted by Crippen LogP contribution is 2.38. The van der Waals surface area contributed by atoms with Crippen molar-refractivity contribution in [3.8, 4) is 17.2 Å². The number of hydrogen-bond donors (Lipinski definition) is 1. The van der Waals surface area contributed by atoms with Gasteiger partial charge in [-0.3, -0.25) is 9.59 Å². The predicted octanol–water partition coefficient (Wildman–Crippen LogP) is 11.5. The van der Waals surface area contributed by atoms with E-state index >= 15 is 0 Å². The molecule has 5 aromatic rings. The lowest BCUT2D eigenvalue weighted by atomic mass is 9.94. The summed E-state index contributed by atoms with van der Waals surface area (Å²) < 4.78 is 17.7. The number of oxazole rings is 1. The van der Waals surface area contributed by atoms with Crippen molar-refractivity contribution in [1.82, 2.24) is 10.3 Å². The first-order chi connectivity index (χ1) is 25.9. The first kappa shape index (κ1) is 40.0. The average Bonchev–Trinajstić information content (AvgIpc) is 3.62. The van der Waals surface area contributed by atoms with E-state index in [-0.39, 0.29) is 37.4 Å². The molecule has 0 amide bonds. The Balaban J connectivity index is 1.31. The van der Waals surface area contributed by atoms with E-state index < -0.39 is 0 Å². The fourth-order valence-electron chi connectivity index (χ4n) is 7.27. The second-order valence-electron chi connectivity index (χ2n) is 14.6. The maximum Gasteiger partial charge on any atom is 0.305 e. The Hall–Kier alpha value is -4.23. The first-order valence-electron chi connectivity index (χ1n) is 20.3. The van der Waals surface area contributed by atoms with Crippen LogP contribution in [0.5, 0.6) is 5.75 Å². The molecule has 7 nitrogen and oxygen atoms in total. The van der Waals surface area contributed by atoms with Crippen molar-refractivity contribution < 1.29 is 23.5 Å². The zero-order valence-electron chi connectivity index (χ0n) is 32.6. The van der Waals surface area contributed by atoms with E-state index in [0.29, 0.717) is 18.1 Å². The Labute approximate surface area is 316 Å². The van der Waals surface area contributed by atoms with E-state index in [9.17, 15) is 9.59 Å². The fraction of sp³-hybridized carbons (Fsp3) is 0.500. The highest BCUT2D eigenvalue weighted by atomic mass is 16.6. The summed E-state index contributed by atoms with van der Waals surface area (Å²) in [6.07, 6.45) is 18.3. The molecule has 0 aliphatic carbocycles. The van der Waals surface area contributed by atoms with Gasteiger partial charge in [-0.25, -0.2) is 4.98 Å². The zero-order valence-corrected chi connectivity index (χ0v) is 32.6. The third kappa shape index (κ3) is 11.4. The Kier molecular flexibility index (Phi) is 15.7. The van der Waals surface area contributed by atoms with Gasteiger partial charge in [0.15, 0.2) is 5.58 Å². The van der Waals surface area contributed by atoms with Gasteiger partial charge < -0.3 is 19.2 Å². The van der Waals surface area contributed by atoms with Crippen molar-refractivity contribution in [2.45, 2.75) is 130 Å². The number of unbranched alkanes of at least 4 members (excludes halogenated alkanes) is 10. The van der Waals surface area contributed by atoms with Crippen LogP contribution in [0.25, 0.3) is 44.1 Å². The highest BCUT2D eigenvalue weighted by Gasteiger charge is 2.18. The number of benzene rings is 4. The molecule has 4 aromatic carbocycles. The minimum Gasteiger partial charge on any atom is -0.490 e. The summed E-state index contributed by atoms with van der Waals surface area (Å²) in [6, 6.07) is 21.2. The van der Waals surface area contributed by atoms with Crippen molar-refractivity contribution >= 4 is 44.4 Å². The summed E-state index contributed by atoms with van der Waals surface area (Å²) in [5.41, 5.74) is 5.35. The van der Waals surface area contributed by atoms with Crippen LogP contribution < -0.4 is 10.1 Å². The average molecular weight is 721 g/mol. The molecule has 284 valence electrons. The van der Waals surface area contributed by atoms with Crippen molar-refractivity contribution in [2.75, 3.05) is 20.3 Å². The van der Waals surface area contributed by atoms with Crippen molar-refractivity contribution in [3.05, 3.63) is 71.8 Å². The molecular weight excluding hydrogens is 661 g/mol. The van der Waals surface area contributed by atoms with Gasteiger partial charge in [-0.1, -0.05) is 114 Å². The largest absolute Gasteiger partial charge is 0.490 e. The van der Waals surface area contributed by atoms with E-state index in [4.69, 9.17) is 18.9 Å². The molecule has 1 aromatic heterocycles. The molecule has 0 spiro atoms. The Bertz CT molecular complexity index is 1820. The lowest BCUT2D eigenvalue weighted by molar-refractivity contribution is -0.144. The molecule has 5 rings (SSSR count). The van der Waals surface area contributed by atoms with Gasteiger partial charge in [0.05, 0.1) is 6.04 Å². The number of fused-ring (bicyclic) bond motifs is 6. The van der Waals surface area contributed by atoms with E-state index in [2.05, 4.69) is 55.6 Å². The molecule has 0 aliphatic heterocycles. The molecule has 0 saturated heterocycles. The van der Waals surface area contributed by atoms with Gasteiger partial charge in [0.2, 0.25) is 5.89 Å². The van der Waals surface area contributed by atoms with E-state index in [1.165, 1.54) is 106 Å². The maximum absolute atomic E-state index is 12.1. The van der Waals surface area contributed by atoms with Crippen LogP contribution in [0, 0.1) is 0 Å². The summed E-state index contributed by atoms with van der Waals surface area (Å²) in [4.78, 5) is 28.7. The lowest BCUT2D eigenvalue weighted by Gasteiger charge is -2.12. The fourth-order valence-corrected chi connectivity index (χ4v) is 7.27. The quantitative estimate of drug-likeness (QED) is 0.0385. The molecular formula is C46H60N2O5. The molecule has 1 heterocycles. The molecule has 0 saturated carbocycles. The van der Waals surface area contributed by atoms with Crippen LogP contribution in [-0.2, 0) is 27.2 Å². The van der Waals surface area contributed by atoms with Crippen molar-refractivity contribution in [1.29, 1.82) is 0 Å². The molecule has 0 fully saturated rings. The van der Waals surface area contributed by atoms with Gasteiger partial charge in [-0.2, -0.15) is 0 Å². The van der Waals surface area contributed by atoms with Gasteiger partial charge >= 0.3 is 5.97 Å². The SMILES string of the molecule is CCCCCCCCc1ccc2c(c1)c1cc(CCCCCCCC)ccc1c1oc(-c3ccc(OCCOC(=O)CCC(NC)C(C)=O)cc3)nc21. The number of esters is 1. The summed E-state index contributed by atoms with van der Waals surface area (Å²) in [5.74, 6) is 0.906. The minimum atomic E-state index is -0.343. The number of aromatic nitrogens is 1. The number of Topliss-reactive ketones (excluding diaryl/α,β-unsaturated/α-hetero) is 1. The normalized spacial score (nSPS) is 12.2. The number of hydrogen-bond acceptors (Lipinski definition) is 7. The number of likely N-dealkylation sites (N-methyl/N-ethyl adjacent to an activating group) is 1. The molecule has 7 heteroatoms. The highest BCUT2D eigenvalue weighted by molar-refractivity contribution is 6.23. The molecule has 0 radical (unpaired) electrons. The molecule has 1 N–H and O–H groups in total.